The first-order chi connectivity index (χ1) is 8.06. The summed E-state index contributed by atoms with van der Waals surface area (Å²) in [4.78, 5) is 0. The van der Waals surface area contributed by atoms with Crippen LogP contribution in [0.3, 0.4) is 0 Å². The molecule has 2 nitrogen and oxygen atoms in total. The Hall–Kier alpha value is -1.26. The maximum atomic E-state index is 13.1. The van der Waals surface area contributed by atoms with Crippen molar-refractivity contribution < 1.29 is 4.39 Å². The van der Waals surface area contributed by atoms with Gasteiger partial charge in [0.25, 0.3) is 0 Å². The van der Waals surface area contributed by atoms with Gasteiger partial charge in [0, 0.05) is 9.50 Å². The van der Waals surface area contributed by atoms with Gasteiger partial charge in [0.05, 0.1) is 17.1 Å². The van der Waals surface area contributed by atoms with Crippen molar-refractivity contribution in [2.45, 2.75) is 0 Å². The fourth-order valence-electron chi connectivity index (χ4n) is 1.38. The second-order valence-electron chi connectivity index (χ2n) is 3.48. The molecule has 0 aromatic heterocycles. The van der Waals surface area contributed by atoms with E-state index in [1.165, 1.54) is 12.1 Å². The van der Waals surface area contributed by atoms with E-state index in [-0.39, 0.29) is 5.82 Å². The largest absolute Gasteiger partial charge is 0.397 e. The minimum atomic E-state index is -0.323. The van der Waals surface area contributed by atoms with Crippen molar-refractivity contribution in [3.05, 3.63) is 51.7 Å². The summed E-state index contributed by atoms with van der Waals surface area (Å²) in [5, 5.41) is 3.59. The Morgan fingerprint density at radius 2 is 1.88 bits per heavy atom. The van der Waals surface area contributed by atoms with Crippen molar-refractivity contribution in [1.29, 1.82) is 0 Å². The highest BCUT2D eigenvalue weighted by atomic mass is 79.9. The predicted octanol–water partition coefficient (Wildman–Crippen LogP) is 4.57. The van der Waals surface area contributed by atoms with E-state index in [0.717, 1.165) is 4.47 Å². The Morgan fingerprint density at radius 1 is 1.12 bits per heavy atom. The molecule has 3 N–H and O–H groups in total. The average Bonchev–Trinajstić information content (AvgIpc) is 2.28. The summed E-state index contributed by atoms with van der Waals surface area (Å²) in [7, 11) is 0. The fourth-order valence-corrected chi connectivity index (χ4v) is 1.89. The molecule has 2 rings (SSSR count). The topological polar surface area (TPSA) is 38.0 Å². The minimum Gasteiger partial charge on any atom is -0.397 e. The average molecular weight is 316 g/mol. The van der Waals surface area contributed by atoms with Crippen LogP contribution in [-0.4, -0.2) is 0 Å². The molecule has 17 heavy (non-hydrogen) atoms. The molecule has 88 valence electrons. The summed E-state index contributed by atoms with van der Waals surface area (Å²) >= 11 is 9.20. The maximum Gasteiger partial charge on any atom is 0.125 e. The number of hydrogen-bond acceptors (Lipinski definition) is 2. The minimum absolute atomic E-state index is 0.323. The van der Waals surface area contributed by atoms with Crippen LogP contribution in [0.15, 0.2) is 40.9 Å². The lowest BCUT2D eigenvalue weighted by Gasteiger charge is -2.11. The van der Waals surface area contributed by atoms with E-state index >= 15 is 0 Å². The van der Waals surface area contributed by atoms with E-state index in [1.807, 2.05) is 0 Å². The molecule has 0 amide bonds. The summed E-state index contributed by atoms with van der Waals surface area (Å²) < 4.78 is 13.9. The molecule has 0 bridgehead atoms. The zero-order chi connectivity index (χ0) is 12.4. The number of hydrogen-bond donors (Lipinski definition) is 2. The quantitative estimate of drug-likeness (QED) is 0.797. The van der Waals surface area contributed by atoms with E-state index in [0.29, 0.717) is 22.1 Å². The third kappa shape index (κ3) is 2.90. The van der Waals surface area contributed by atoms with E-state index in [2.05, 4.69) is 21.2 Å². The molecular formula is C12H9BrClFN2. The van der Waals surface area contributed by atoms with Gasteiger partial charge < -0.3 is 11.1 Å². The number of anilines is 3. The van der Waals surface area contributed by atoms with Crippen molar-refractivity contribution in [3.8, 4) is 0 Å². The third-order valence-corrected chi connectivity index (χ3v) is 3.14. The standard InChI is InChI=1S/C12H9BrClFN2/c13-9-3-2-8(15)6-11(9)17-12-5-7(14)1-4-10(12)16/h1-6,17H,16H2. The van der Waals surface area contributed by atoms with Crippen molar-refractivity contribution in [3.63, 3.8) is 0 Å². The zero-order valence-electron chi connectivity index (χ0n) is 8.68. The number of nitrogen functional groups attached to an aromatic ring is 1. The highest BCUT2D eigenvalue weighted by Crippen LogP contribution is 2.30. The van der Waals surface area contributed by atoms with Gasteiger partial charge >= 0.3 is 0 Å². The molecule has 0 atom stereocenters. The van der Waals surface area contributed by atoms with E-state index in [4.69, 9.17) is 17.3 Å². The fraction of sp³-hybridized carbons (Fsp3) is 0. The molecule has 0 saturated heterocycles. The molecular weight excluding hydrogens is 307 g/mol. The molecule has 5 heteroatoms. The molecule has 0 aliphatic carbocycles. The molecule has 0 aliphatic heterocycles. The van der Waals surface area contributed by atoms with Crippen LogP contribution in [0.25, 0.3) is 0 Å². The van der Waals surface area contributed by atoms with Gasteiger partial charge in [-0.3, -0.25) is 0 Å². The van der Waals surface area contributed by atoms with Gasteiger partial charge in [-0.15, -0.1) is 0 Å². The number of nitrogens with two attached hydrogens (primary N) is 1. The summed E-state index contributed by atoms with van der Waals surface area (Å²) in [5.41, 5.74) is 7.58. The molecule has 2 aromatic carbocycles. The summed E-state index contributed by atoms with van der Waals surface area (Å²) in [6.45, 7) is 0. The van der Waals surface area contributed by atoms with Crippen molar-refractivity contribution in [1.82, 2.24) is 0 Å². The van der Waals surface area contributed by atoms with E-state index in [9.17, 15) is 4.39 Å². The highest BCUT2D eigenvalue weighted by molar-refractivity contribution is 9.10. The van der Waals surface area contributed by atoms with Gasteiger partial charge in [-0.25, -0.2) is 4.39 Å². The Balaban J connectivity index is 2.37. The van der Waals surface area contributed by atoms with Gasteiger partial charge in [0.15, 0.2) is 0 Å². The Labute approximate surface area is 112 Å². The summed E-state index contributed by atoms with van der Waals surface area (Å²) in [6, 6.07) is 9.45. The van der Waals surface area contributed by atoms with Gasteiger partial charge in [0.1, 0.15) is 5.82 Å². The predicted molar refractivity (Wildman–Crippen MR) is 73.2 cm³/mol. The maximum absolute atomic E-state index is 13.1. The lowest BCUT2D eigenvalue weighted by Crippen LogP contribution is -1.97. The Kier molecular flexibility index (Phi) is 3.54. The molecule has 0 saturated carbocycles. The monoisotopic (exact) mass is 314 g/mol. The first kappa shape index (κ1) is 12.2. The second-order valence-corrected chi connectivity index (χ2v) is 4.77. The zero-order valence-corrected chi connectivity index (χ0v) is 11.0. The van der Waals surface area contributed by atoms with Crippen LogP contribution >= 0.6 is 27.5 Å². The number of benzene rings is 2. The van der Waals surface area contributed by atoms with E-state index < -0.39 is 0 Å². The first-order valence-corrected chi connectivity index (χ1v) is 6.00. The van der Waals surface area contributed by atoms with Crippen molar-refractivity contribution in [2.75, 3.05) is 11.1 Å². The number of halogens is 3. The van der Waals surface area contributed by atoms with Crippen LogP contribution < -0.4 is 11.1 Å². The molecule has 0 unspecified atom stereocenters. The summed E-state index contributed by atoms with van der Waals surface area (Å²) in [5.74, 6) is -0.323. The summed E-state index contributed by atoms with van der Waals surface area (Å²) in [6.07, 6.45) is 0. The van der Waals surface area contributed by atoms with Crippen molar-refractivity contribution >= 4 is 44.6 Å². The highest BCUT2D eigenvalue weighted by Gasteiger charge is 2.05. The molecule has 0 radical (unpaired) electrons. The van der Waals surface area contributed by atoms with Gasteiger partial charge in [-0.05, 0) is 52.3 Å². The van der Waals surface area contributed by atoms with Crippen LogP contribution in [-0.2, 0) is 0 Å². The molecule has 0 aliphatic rings. The third-order valence-electron chi connectivity index (χ3n) is 2.21. The molecule has 0 spiro atoms. The van der Waals surface area contributed by atoms with Crippen LogP contribution in [0.1, 0.15) is 0 Å². The molecule has 2 aromatic rings. The second kappa shape index (κ2) is 4.94. The Morgan fingerprint density at radius 3 is 2.65 bits per heavy atom. The number of rotatable bonds is 2. The van der Waals surface area contributed by atoms with Crippen molar-refractivity contribution in [2.24, 2.45) is 0 Å². The van der Waals surface area contributed by atoms with Gasteiger partial charge in [0.2, 0.25) is 0 Å². The smallest absolute Gasteiger partial charge is 0.125 e. The molecule has 0 fully saturated rings. The lowest BCUT2D eigenvalue weighted by atomic mass is 10.2. The molecule has 0 heterocycles. The number of nitrogens with one attached hydrogen (secondary N) is 1. The Bertz CT molecular complexity index is 511. The van der Waals surface area contributed by atoms with Crippen LogP contribution in [0, 0.1) is 5.82 Å². The van der Waals surface area contributed by atoms with Gasteiger partial charge in [-0.1, -0.05) is 11.6 Å². The van der Waals surface area contributed by atoms with Crippen LogP contribution in [0.2, 0.25) is 5.02 Å². The first-order valence-electron chi connectivity index (χ1n) is 4.83. The lowest BCUT2D eigenvalue weighted by molar-refractivity contribution is 0.628. The van der Waals surface area contributed by atoms with E-state index in [1.54, 1.807) is 24.3 Å². The van der Waals surface area contributed by atoms with Gasteiger partial charge in [-0.2, -0.15) is 0 Å². The van der Waals surface area contributed by atoms with Crippen LogP contribution in [0.5, 0.6) is 0 Å². The SMILES string of the molecule is Nc1ccc(Cl)cc1Nc1cc(F)ccc1Br. The normalized spacial score (nSPS) is 10.3. The van der Waals surface area contributed by atoms with Crippen LogP contribution in [0.4, 0.5) is 21.5 Å².